The monoisotopic (exact) mass is 264 g/mol. The maximum atomic E-state index is 8.92. The molecule has 2 aromatic heterocycles. The van der Waals surface area contributed by atoms with Gasteiger partial charge in [0.2, 0.25) is 0 Å². The minimum atomic E-state index is 0.346. The normalized spacial score (nSPS) is 10.4. The van der Waals surface area contributed by atoms with E-state index in [-0.39, 0.29) is 0 Å². The summed E-state index contributed by atoms with van der Waals surface area (Å²) in [4.78, 5) is 12.6. The molecule has 0 fully saturated rings. The zero-order chi connectivity index (χ0) is 14.1. The molecule has 0 aliphatic rings. The number of aromatic nitrogens is 4. The van der Waals surface area contributed by atoms with E-state index in [2.05, 4.69) is 20.3 Å². The summed E-state index contributed by atoms with van der Waals surface area (Å²) in [5.41, 5.74) is 3.19. The standard InChI is InChI=1S/C14H12N6/c1-9-17-11(7-15)6-14(18-9)19-10-3-4-13-12(5-10)16-8-20(13)2/h3-6,8H,1-2H3,(H,17,18,19). The van der Waals surface area contributed by atoms with E-state index in [1.807, 2.05) is 35.9 Å². The second kappa shape index (κ2) is 4.63. The number of anilines is 2. The van der Waals surface area contributed by atoms with E-state index in [1.54, 1.807) is 19.3 Å². The Morgan fingerprint density at radius 3 is 2.90 bits per heavy atom. The number of hydrogen-bond donors (Lipinski definition) is 1. The van der Waals surface area contributed by atoms with Crippen LogP contribution in [0.4, 0.5) is 11.5 Å². The van der Waals surface area contributed by atoms with Crippen molar-refractivity contribution in [2.75, 3.05) is 5.32 Å². The highest BCUT2D eigenvalue weighted by molar-refractivity contribution is 5.80. The Hall–Kier alpha value is -2.94. The first-order chi connectivity index (χ1) is 9.65. The van der Waals surface area contributed by atoms with Gasteiger partial charge in [0, 0.05) is 18.8 Å². The fraction of sp³-hybridized carbons (Fsp3) is 0.143. The van der Waals surface area contributed by atoms with Gasteiger partial charge in [0.1, 0.15) is 23.4 Å². The van der Waals surface area contributed by atoms with Gasteiger partial charge in [0.05, 0.1) is 17.4 Å². The molecule has 1 aromatic carbocycles. The zero-order valence-corrected chi connectivity index (χ0v) is 11.1. The molecule has 98 valence electrons. The summed E-state index contributed by atoms with van der Waals surface area (Å²) in [6, 6.07) is 9.53. The van der Waals surface area contributed by atoms with Gasteiger partial charge in [0.15, 0.2) is 0 Å². The number of hydrogen-bond acceptors (Lipinski definition) is 5. The summed E-state index contributed by atoms with van der Waals surface area (Å²) in [7, 11) is 1.95. The van der Waals surface area contributed by atoms with Crippen LogP contribution in [0.15, 0.2) is 30.6 Å². The van der Waals surface area contributed by atoms with E-state index in [9.17, 15) is 0 Å². The molecule has 0 atom stereocenters. The Bertz CT molecular complexity index is 827. The van der Waals surface area contributed by atoms with Crippen molar-refractivity contribution in [3.8, 4) is 6.07 Å². The van der Waals surface area contributed by atoms with Gasteiger partial charge in [-0.3, -0.25) is 0 Å². The van der Waals surface area contributed by atoms with Gasteiger partial charge >= 0.3 is 0 Å². The molecule has 0 aliphatic heterocycles. The van der Waals surface area contributed by atoms with E-state index in [0.29, 0.717) is 17.3 Å². The van der Waals surface area contributed by atoms with Crippen LogP contribution in [0, 0.1) is 18.3 Å². The number of nitriles is 1. The highest BCUT2D eigenvalue weighted by Crippen LogP contribution is 2.20. The van der Waals surface area contributed by atoms with Crippen LogP contribution in [0.3, 0.4) is 0 Å². The Balaban J connectivity index is 1.96. The molecule has 3 aromatic rings. The number of imidazole rings is 1. The first-order valence-corrected chi connectivity index (χ1v) is 6.09. The minimum absolute atomic E-state index is 0.346. The van der Waals surface area contributed by atoms with Crippen LogP contribution in [0.5, 0.6) is 0 Å². The second-order valence-electron chi connectivity index (χ2n) is 4.48. The molecule has 2 heterocycles. The quantitative estimate of drug-likeness (QED) is 0.768. The van der Waals surface area contributed by atoms with Crippen molar-refractivity contribution in [3.05, 3.63) is 42.1 Å². The predicted molar refractivity (Wildman–Crippen MR) is 75.5 cm³/mol. The third-order valence-corrected chi connectivity index (χ3v) is 2.95. The van der Waals surface area contributed by atoms with Crippen molar-refractivity contribution in [3.63, 3.8) is 0 Å². The molecule has 0 spiro atoms. The maximum absolute atomic E-state index is 8.92. The van der Waals surface area contributed by atoms with Crippen molar-refractivity contribution in [1.82, 2.24) is 19.5 Å². The number of aryl methyl sites for hydroxylation is 2. The van der Waals surface area contributed by atoms with E-state index >= 15 is 0 Å². The number of rotatable bonds is 2. The number of benzene rings is 1. The zero-order valence-electron chi connectivity index (χ0n) is 11.1. The Kier molecular flexibility index (Phi) is 2.80. The predicted octanol–water partition coefficient (Wildman–Crippen LogP) is 2.29. The molecule has 0 amide bonds. The SMILES string of the molecule is Cc1nc(C#N)cc(Nc2ccc3c(c2)ncn3C)n1. The fourth-order valence-corrected chi connectivity index (χ4v) is 2.05. The molecule has 0 saturated heterocycles. The van der Waals surface area contributed by atoms with Crippen molar-refractivity contribution in [2.24, 2.45) is 7.05 Å². The number of nitrogens with zero attached hydrogens (tertiary/aromatic N) is 5. The lowest BCUT2D eigenvalue weighted by atomic mass is 10.2. The average molecular weight is 264 g/mol. The van der Waals surface area contributed by atoms with Crippen LogP contribution < -0.4 is 5.32 Å². The molecule has 0 unspecified atom stereocenters. The van der Waals surface area contributed by atoms with Gasteiger partial charge in [-0.05, 0) is 25.1 Å². The molecule has 0 aliphatic carbocycles. The summed E-state index contributed by atoms with van der Waals surface area (Å²) >= 11 is 0. The number of fused-ring (bicyclic) bond motifs is 1. The van der Waals surface area contributed by atoms with E-state index in [4.69, 9.17) is 5.26 Å². The van der Waals surface area contributed by atoms with Crippen molar-refractivity contribution < 1.29 is 0 Å². The molecular weight excluding hydrogens is 252 g/mol. The summed E-state index contributed by atoms with van der Waals surface area (Å²) in [6.07, 6.45) is 1.77. The first kappa shape index (κ1) is 12.1. The molecule has 0 radical (unpaired) electrons. The summed E-state index contributed by atoms with van der Waals surface area (Å²) in [5, 5.41) is 12.1. The van der Waals surface area contributed by atoms with Crippen LogP contribution in [-0.2, 0) is 7.05 Å². The molecule has 0 saturated carbocycles. The van der Waals surface area contributed by atoms with Crippen LogP contribution in [0.2, 0.25) is 0 Å². The average Bonchev–Trinajstić information content (AvgIpc) is 2.79. The van der Waals surface area contributed by atoms with Crippen LogP contribution in [0.1, 0.15) is 11.5 Å². The smallest absolute Gasteiger partial charge is 0.146 e. The largest absolute Gasteiger partial charge is 0.340 e. The van der Waals surface area contributed by atoms with Crippen LogP contribution >= 0.6 is 0 Å². The van der Waals surface area contributed by atoms with Crippen molar-refractivity contribution in [1.29, 1.82) is 5.26 Å². The lowest BCUT2D eigenvalue weighted by Gasteiger charge is -2.06. The Labute approximate surface area is 115 Å². The molecule has 1 N–H and O–H groups in total. The van der Waals surface area contributed by atoms with Crippen LogP contribution in [0.25, 0.3) is 11.0 Å². The van der Waals surface area contributed by atoms with Gasteiger partial charge in [-0.15, -0.1) is 0 Å². The molecule has 6 nitrogen and oxygen atoms in total. The van der Waals surface area contributed by atoms with Crippen molar-refractivity contribution >= 4 is 22.5 Å². The van der Waals surface area contributed by atoms with Crippen molar-refractivity contribution in [2.45, 2.75) is 6.92 Å². The Morgan fingerprint density at radius 2 is 2.10 bits per heavy atom. The second-order valence-corrected chi connectivity index (χ2v) is 4.48. The van der Waals surface area contributed by atoms with Gasteiger partial charge in [-0.1, -0.05) is 0 Å². The topological polar surface area (TPSA) is 79.4 Å². The Morgan fingerprint density at radius 1 is 1.25 bits per heavy atom. The van der Waals surface area contributed by atoms with Gasteiger partial charge in [0.25, 0.3) is 0 Å². The minimum Gasteiger partial charge on any atom is -0.340 e. The van der Waals surface area contributed by atoms with E-state index in [1.165, 1.54) is 0 Å². The fourth-order valence-electron chi connectivity index (χ4n) is 2.05. The summed E-state index contributed by atoms with van der Waals surface area (Å²) in [6.45, 7) is 1.76. The molecule has 20 heavy (non-hydrogen) atoms. The van der Waals surface area contributed by atoms with Gasteiger partial charge in [-0.2, -0.15) is 5.26 Å². The molecular formula is C14H12N6. The lowest BCUT2D eigenvalue weighted by Crippen LogP contribution is -1.99. The van der Waals surface area contributed by atoms with E-state index < -0.39 is 0 Å². The van der Waals surface area contributed by atoms with Gasteiger partial charge in [-0.25, -0.2) is 15.0 Å². The van der Waals surface area contributed by atoms with Crippen LogP contribution in [-0.4, -0.2) is 19.5 Å². The molecule has 6 heteroatoms. The highest BCUT2D eigenvalue weighted by Gasteiger charge is 2.04. The highest BCUT2D eigenvalue weighted by atomic mass is 15.0. The third-order valence-electron chi connectivity index (χ3n) is 2.95. The molecule has 0 bridgehead atoms. The van der Waals surface area contributed by atoms with E-state index in [0.717, 1.165) is 16.7 Å². The number of nitrogens with one attached hydrogen (secondary N) is 1. The molecule has 3 rings (SSSR count). The lowest BCUT2D eigenvalue weighted by molar-refractivity contribution is 0.948. The third kappa shape index (κ3) is 2.17. The summed E-state index contributed by atoms with van der Waals surface area (Å²) < 4.78 is 1.96. The van der Waals surface area contributed by atoms with Gasteiger partial charge < -0.3 is 9.88 Å². The first-order valence-electron chi connectivity index (χ1n) is 6.09. The maximum Gasteiger partial charge on any atom is 0.146 e. The summed E-state index contributed by atoms with van der Waals surface area (Å²) in [5.74, 6) is 1.16.